The Morgan fingerprint density at radius 3 is 1.75 bits per heavy atom. The van der Waals surface area contributed by atoms with Crippen LogP contribution < -0.4 is 0 Å². The Morgan fingerprint density at radius 2 is 1.42 bits per heavy atom. The van der Waals surface area contributed by atoms with Crippen LogP contribution in [0.2, 0.25) is 0 Å². The van der Waals surface area contributed by atoms with Crippen LogP contribution in [0.15, 0.2) is 0 Å². The lowest BCUT2D eigenvalue weighted by molar-refractivity contribution is 0.0997. The largest absolute Gasteiger partial charge is 0.509 e. The molecule has 66 valence electrons. The van der Waals surface area contributed by atoms with E-state index in [9.17, 15) is 4.79 Å². The second kappa shape index (κ2) is 2.11. The second-order valence-electron chi connectivity index (χ2n) is 3.16. The van der Waals surface area contributed by atoms with E-state index in [1.807, 2.05) is 0 Å². The summed E-state index contributed by atoms with van der Waals surface area (Å²) >= 11 is 0. The molecule has 4 unspecified atom stereocenters. The number of rotatable bonds is 2. The topological polar surface area (TPSA) is 60.6 Å². The van der Waals surface area contributed by atoms with Gasteiger partial charge in [-0.15, -0.1) is 0 Å². The summed E-state index contributed by atoms with van der Waals surface area (Å²) in [7, 11) is 0. The smallest absolute Gasteiger partial charge is 0.424 e. The molecule has 12 heavy (non-hydrogen) atoms. The van der Waals surface area contributed by atoms with Crippen molar-refractivity contribution < 1.29 is 23.7 Å². The van der Waals surface area contributed by atoms with Crippen LogP contribution in [0.1, 0.15) is 0 Å². The van der Waals surface area contributed by atoms with E-state index in [1.54, 1.807) is 0 Å². The summed E-state index contributed by atoms with van der Waals surface area (Å²) in [6.45, 7) is 1.31. The van der Waals surface area contributed by atoms with Crippen LogP contribution in [-0.2, 0) is 18.9 Å². The number of hydrogen-bond donors (Lipinski definition) is 0. The molecule has 0 bridgehead atoms. The van der Waals surface area contributed by atoms with Crippen molar-refractivity contribution in [1.82, 2.24) is 0 Å². The number of cyclic esters (lactones) is 2. The third-order valence-corrected chi connectivity index (χ3v) is 2.24. The van der Waals surface area contributed by atoms with Gasteiger partial charge in [-0.2, -0.15) is 0 Å². The van der Waals surface area contributed by atoms with Crippen LogP contribution in [0.25, 0.3) is 0 Å². The molecule has 5 heteroatoms. The van der Waals surface area contributed by atoms with Gasteiger partial charge in [-0.25, -0.2) is 4.79 Å². The Bertz CT molecular complexity index is 198. The molecule has 0 saturated carbocycles. The zero-order valence-corrected chi connectivity index (χ0v) is 6.26. The number of carbonyl (C=O) groups is 1. The average molecular weight is 172 g/mol. The Hall–Kier alpha value is -0.810. The van der Waals surface area contributed by atoms with Gasteiger partial charge in [0.05, 0.1) is 13.2 Å². The maximum Gasteiger partial charge on any atom is 0.509 e. The van der Waals surface area contributed by atoms with Crippen molar-refractivity contribution in [3.05, 3.63) is 0 Å². The zero-order valence-electron chi connectivity index (χ0n) is 6.26. The molecule has 0 aromatic carbocycles. The Balaban J connectivity index is 1.75. The summed E-state index contributed by atoms with van der Waals surface area (Å²) in [4.78, 5) is 10.8. The lowest BCUT2D eigenvalue weighted by Crippen LogP contribution is -2.32. The standard InChI is InChI=1S/C7H8O5/c8-7-11-5(3-1-9-3)6(12-7)4-2-10-4/h3-6H,1-2H2. The molecular formula is C7H8O5. The quantitative estimate of drug-likeness (QED) is 0.422. The number of carbonyl (C=O) groups excluding carboxylic acids is 1. The normalized spacial score (nSPS) is 49.8. The maximum absolute atomic E-state index is 10.8. The SMILES string of the molecule is O=C1OC(C2CO2)C(C2CO2)O1. The van der Waals surface area contributed by atoms with E-state index in [4.69, 9.17) is 18.9 Å². The van der Waals surface area contributed by atoms with Crippen LogP contribution in [-0.4, -0.2) is 43.8 Å². The monoisotopic (exact) mass is 172 g/mol. The van der Waals surface area contributed by atoms with E-state index in [-0.39, 0.29) is 24.4 Å². The fourth-order valence-electron chi connectivity index (χ4n) is 1.45. The molecule has 0 aromatic rings. The van der Waals surface area contributed by atoms with Gasteiger partial charge in [-0.1, -0.05) is 0 Å². The fourth-order valence-corrected chi connectivity index (χ4v) is 1.45. The molecule has 4 atom stereocenters. The lowest BCUT2D eigenvalue weighted by Gasteiger charge is -2.09. The molecular weight excluding hydrogens is 164 g/mol. The Labute approximate surface area is 68.5 Å². The van der Waals surface area contributed by atoms with Crippen molar-refractivity contribution in [2.75, 3.05) is 13.2 Å². The predicted molar refractivity (Wildman–Crippen MR) is 34.6 cm³/mol. The van der Waals surface area contributed by atoms with E-state index in [0.29, 0.717) is 13.2 Å². The van der Waals surface area contributed by atoms with Crippen LogP contribution in [0.3, 0.4) is 0 Å². The van der Waals surface area contributed by atoms with Gasteiger partial charge < -0.3 is 18.9 Å². The van der Waals surface area contributed by atoms with Crippen molar-refractivity contribution in [2.45, 2.75) is 24.4 Å². The van der Waals surface area contributed by atoms with Crippen LogP contribution in [0.5, 0.6) is 0 Å². The molecule has 3 fully saturated rings. The summed E-state index contributed by atoms with van der Waals surface area (Å²) in [5.74, 6) is 0. The summed E-state index contributed by atoms with van der Waals surface area (Å²) < 4.78 is 19.9. The van der Waals surface area contributed by atoms with E-state index < -0.39 is 6.16 Å². The zero-order chi connectivity index (χ0) is 8.13. The van der Waals surface area contributed by atoms with Crippen molar-refractivity contribution in [3.63, 3.8) is 0 Å². The molecule has 3 saturated heterocycles. The summed E-state index contributed by atoms with van der Waals surface area (Å²) in [5.41, 5.74) is 0. The van der Waals surface area contributed by atoms with Crippen LogP contribution in [0.4, 0.5) is 4.79 Å². The third kappa shape index (κ3) is 0.971. The number of epoxide rings is 2. The van der Waals surface area contributed by atoms with Crippen molar-refractivity contribution in [3.8, 4) is 0 Å². The fraction of sp³-hybridized carbons (Fsp3) is 0.857. The van der Waals surface area contributed by atoms with Crippen molar-refractivity contribution in [2.24, 2.45) is 0 Å². The molecule has 3 aliphatic rings. The second-order valence-corrected chi connectivity index (χ2v) is 3.16. The first-order chi connectivity index (χ1) is 5.84. The molecule has 0 amide bonds. The molecule has 0 N–H and O–H groups in total. The minimum absolute atomic E-state index is 0.0330. The van der Waals surface area contributed by atoms with Gasteiger partial charge in [-0.05, 0) is 0 Å². The van der Waals surface area contributed by atoms with Gasteiger partial charge in [-0.3, -0.25) is 0 Å². The van der Waals surface area contributed by atoms with E-state index >= 15 is 0 Å². The van der Waals surface area contributed by atoms with Gasteiger partial charge in [0.25, 0.3) is 0 Å². The number of ether oxygens (including phenoxy) is 4. The van der Waals surface area contributed by atoms with Crippen LogP contribution >= 0.6 is 0 Å². The van der Waals surface area contributed by atoms with Gasteiger partial charge in [0, 0.05) is 0 Å². The molecule has 3 heterocycles. The van der Waals surface area contributed by atoms with E-state index in [2.05, 4.69) is 0 Å². The molecule has 0 aliphatic carbocycles. The molecule has 0 aromatic heterocycles. The highest BCUT2D eigenvalue weighted by Gasteiger charge is 2.54. The predicted octanol–water partition coefficient (Wildman–Crippen LogP) is -0.312. The molecule has 0 spiro atoms. The van der Waals surface area contributed by atoms with E-state index in [0.717, 1.165) is 0 Å². The van der Waals surface area contributed by atoms with Gasteiger partial charge in [0.15, 0.2) is 12.2 Å². The summed E-state index contributed by atoms with van der Waals surface area (Å²) in [6.07, 6.45) is -1.03. The summed E-state index contributed by atoms with van der Waals surface area (Å²) in [6, 6.07) is 0. The maximum atomic E-state index is 10.8. The first-order valence-electron chi connectivity index (χ1n) is 3.95. The highest BCUT2D eigenvalue weighted by molar-refractivity contribution is 5.63. The first kappa shape index (κ1) is 6.68. The van der Waals surface area contributed by atoms with Gasteiger partial charge in [0.1, 0.15) is 12.2 Å². The molecule has 0 radical (unpaired) electrons. The van der Waals surface area contributed by atoms with Gasteiger partial charge >= 0.3 is 6.16 Å². The van der Waals surface area contributed by atoms with Crippen LogP contribution in [0, 0.1) is 0 Å². The Kier molecular flexibility index (Phi) is 1.18. The molecule has 3 rings (SSSR count). The average Bonchev–Trinajstić information content (AvgIpc) is 2.92. The molecule has 3 aliphatic heterocycles. The lowest BCUT2D eigenvalue weighted by atomic mass is 10.1. The van der Waals surface area contributed by atoms with Gasteiger partial charge in [0.2, 0.25) is 0 Å². The molecule has 5 nitrogen and oxygen atoms in total. The highest BCUT2D eigenvalue weighted by atomic mass is 16.8. The summed E-state index contributed by atoms with van der Waals surface area (Å²) in [5, 5.41) is 0. The Morgan fingerprint density at radius 1 is 1.00 bits per heavy atom. The van der Waals surface area contributed by atoms with Crippen molar-refractivity contribution >= 4 is 6.16 Å². The minimum Gasteiger partial charge on any atom is -0.424 e. The van der Waals surface area contributed by atoms with E-state index in [1.165, 1.54) is 0 Å². The third-order valence-electron chi connectivity index (χ3n) is 2.24. The number of hydrogen-bond acceptors (Lipinski definition) is 5. The minimum atomic E-state index is -0.601. The van der Waals surface area contributed by atoms with Crippen molar-refractivity contribution in [1.29, 1.82) is 0 Å². The first-order valence-corrected chi connectivity index (χ1v) is 3.95. The highest BCUT2D eigenvalue weighted by Crippen LogP contribution is 2.33.